The monoisotopic (exact) mass is 287 g/mol. The molecular weight excluding hydrogens is 278 g/mol. The van der Waals surface area contributed by atoms with Crippen molar-refractivity contribution in [2.24, 2.45) is 0 Å². The largest absolute Gasteiger partial charge is 0.269 e. The van der Waals surface area contributed by atoms with Crippen LogP contribution in [-0.4, -0.2) is 14.1 Å². The minimum atomic E-state index is -1.38. The standard InChI is InChI=1S/C13H9N3O3S/c14-8-13-10(2-1-7-15-13)9-20(19)12-5-3-11(4-6-12)16(17)18/h1-7H,9H2. The maximum absolute atomic E-state index is 12.2. The van der Waals surface area contributed by atoms with E-state index in [4.69, 9.17) is 5.26 Å². The molecule has 0 aliphatic rings. The van der Waals surface area contributed by atoms with Gasteiger partial charge in [-0.05, 0) is 18.2 Å². The van der Waals surface area contributed by atoms with E-state index in [2.05, 4.69) is 4.98 Å². The van der Waals surface area contributed by atoms with Gasteiger partial charge in [0.25, 0.3) is 5.69 Å². The van der Waals surface area contributed by atoms with Gasteiger partial charge < -0.3 is 0 Å². The van der Waals surface area contributed by atoms with Gasteiger partial charge in [0, 0.05) is 28.8 Å². The van der Waals surface area contributed by atoms with E-state index < -0.39 is 15.7 Å². The van der Waals surface area contributed by atoms with E-state index in [0.29, 0.717) is 10.5 Å². The normalized spacial score (nSPS) is 11.6. The summed E-state index contributed by atoms with van der Waals surface area (Å²) >= 11 is 0. The van der Waals surface area contributed by atoms with E-state index in [1.807, 2.05) is 6.07 Å². The molecule has 0 aliphatic heterocycles. The molecule has 0 N–H and O–H groups in total. The van der Waals surface area contributed by atoms with Crippen molar-refractivity contribution in [1.82, 2.24) is 4.98 Å². The van der Waals surface area contributed by atoms with E-state index in [1.165, 1.54) is 30.5 Å². The highest BCUT2D eigenvalue weighted by Crippen LogP contribution is 2.17. The maximum atomic E-state index is 12.2. The molecule has 0 bridgehead atoms. The SMILES string of the molecule is N#Cc1ncccc1CS(=O)c1ccc([N+](=O)[O-])cc1. The first-order valence-corrected chi connectivity index (χ1v) is 6.90. The molecule has 2 aromatic rings. The number of nitriles is 1. The summed E-state index contributed by atoms with van der Waals surface area (Å²) in [6, 6.07) is 10.8. The molecule has 2 rings (SSSR count). The highest BCUT2D eigenvalue weighted by Gasteiger charge is 2.11. The third kappa shape index (κ3) is 3.05. The van der Waals surface area contributed by atoms with Gasteiger partial charge >= 0.3 is 0 Å². The van der Waals surface area contributed by atoms with Gasteiger partial charge in [-0.2, -0.15) is 5.26 Å². The van der Waals surface area contributed by atoms with E-state index in [-0.39, 0.29) is 17.1 Å². The molecule has 1 atom stereocenters. The van der Waals surface area contributed by atoms with Crippen LogP contribution in [0.15, 0.2) is 47.5 Å². The number of nitro groups is 1. The summed E-state index contributed by atoms with van der Waals surface area (Å²) in [5, 5.41) is 19.5. The number of non-ortho nitro benzene ring substituents is 1. The Morgan fingerprint density at radius 1 is 1.30 bits per heavy atom. The zero-order valence-electron chi connectivity index (χ0n) is 10.2. The van der Waals surface area contributed by atoms with Crippen LogP contribution in [0.1, 0.15) is 11.3 Å². The Kier molecular flexibility index (Phi) is 4.17. The van der Waals surface area contributed by atoms with E-state index in [1.54, 1.807) is 12.1 Å². The van der Waals surface area contributed by atoms with Gasteiger partial charge in [-0.15, -0.1) is 0 Å². The van der Waals surface area contributed by atoms with Crippen molar-refractivity contribution in [1.29, 1.82) is 5.26 Å². The fourth-order valence-corrected chi connectivity index (χ4v) is 2.72. The van der Waals surface area contributed by atoms with Crippen LogP contribution in [0.4, 0.5) is 5.69 Å². The van der Waals surface area contributed by atoms with Crippen molar-refractivity contribution >= 4 is 16.5 Å². The Morgan fingerprint density at radius 3 is 2.60 bits per heavy atom. The molecule has 1 aromatic heterocycles. The fourth-order valence-electron chi connectivity index (χ4n) is 1.60. The molecule has 0 saturated heterocycles. The molecule has 100 valence electrons. The number of nitrogens with zero attached hydrogens (tertiary/aromatic N) is 3. The lowest BCUT2D eigenvalue weighted by atomic mass is 10.2. The van der Waals surface area contributed by atoms with Crippen LogP contribution in [0.2, 0.25) is 0 Å². The van der Waals surface area contributed by atoms with Gasteiger partial charge in [0.2, 0.25) is 0 Å². The third-order valence-electron chi connectivity index (χ3n) is 2.59. The molecule has 0 spiro atoms. The van der Waals surface area contributed by atoms with E-state index in [9.17, 15) is 14.3 Å². The summed E-state index contributed by atoms with van der Waals surface area (Å²) in [5.41, 5.74) is 0.777. The molecule has 20 heavy (non-hydrogen) atoms. The number of hydrogen-bond acceptors (Lipinski definition) is 5. The molecule has 0 amide bonds. The van der Waals surface area contributed by atoms with Crippen LogP contribution in [0.3, 0.4) is 0 Å². The van der Waals surface area contributed by atoms with Crippen molar-refractivity contribution < 1.29 is 9.13 Å². The first kappa shape index (κ1) is 13.8. The van der Waals surface area contributed by atoms with Crippen LogP contribution in [0.25, 0.3) is 0 Å². The molecule has 1 unspecified atom stereocenters. The summed E-state index contributed by atoms with van der Waals surface area (Å²) in [7, 11) is -1.38. The summed E-state index contributed by atoms with van der Waals surface area (Å²) in [6.45, 7) is 0. The smallest absolute Gasteiger partial charge is 0.258 e. The van der Waals surface area contributed by atoms with Gasteiger partial charge in [0.15, 0.2) is 0 Å². The highest BCUT2D eigenvalue weighted by molar-refractivity contribution is 7.84. The Morgan fingerprint density at radius 2 is 2.00 bits per heavy atom. The number of rotatable bonds is 4. The molecule has 0 fully saturated rings. The van der Waals surface area contributed by atoms with Crippen LogP contribution >= 0.6 is 0 Å². The van der Waals surface area contributed by atoms with Crippen molar-refractivity contribution in [3.05, 3.63) is 64.0 Å². The summed E-state index contributed by atoms with van der Waals surface area (Å²) in [6.07, 6.45) is 1.50. The minimum Gasteiger partial charge on any atom is -0.258 e. The van der Waals surface area contributed by atoms with E-state index in [0.717, 1.165) is 0 Å². The van der Waals surface area contributed by atoms with Gasteiger partial charge in [-0.3, -0.25) is 14.3 Å². The third-order valence-corrected chi connectivity index (χ3v) is 3.97. The topological polar surface area (TPSA) is 96.9 Å². The molecule has 0 saturated carbocycles. The fraction of sp³-hybridized carbons (Fsp3) is 0.0769. The molecule has 7 heteroatoms. The number of pyridine rings is 1. The van der Waals surface area contributed by atoms with Crippen LogP contribution in [0, 0.1) is 21.4 Å². The Balaban J connectivity index is 2.20. The zero-order valence-corrected chi connectivity index (χ0v) is 11.0. The number of nitro benzene ring substituents is 1. The van der Waals surface area contributed by atoms with Crippen molar-refractivity contribution in [2.75, 3.05) is 0 Å². The minimum absolute atomic E-state index is 0.0511. The lowest BCUT2D eigenvalue weighted by Crippen LogP contribution is -2.00. The molecule has 1 aromatic carbocycles. The van der Waals surface area contributed by atoms with Crippen LogP contribution < -0.4 is 0 Å². The van der Waals surface area contributed by atoms with Crippen molar-refractivity contribution in [3.63, 3.8) is 0 Å². The second-order valence-electron chi connectivity index (χ2n) is 3.86. The first-order chi connectivity index (χ1) is 9.61. The second kappa shape index (κ2) is 6.04. The molecule has 1 heterocycles. The predicted octanol–water partition coefficient (Wildman–Crippen LogP) is 2.17. The highest BCUT2D eigenvalue weighted by atomic mass is 32.2. The predicted molar refractivity (Wildman–Crippen MR) is 72.2 cm³/mol. The van der Waals surface area contributed by atoms with Gasteiger partial charge in [0.1, 0.15) is 11.8 Å². The lowest BCUT2D eigenvalue weighted by molar-refractivity contribution is -0.384. The molecule has 0 aliphatic carbocycles. The Hall–Kier alpha value is -2.59. The Labute approximate surface area is 117 Å². The number of aromatic nitrogens is 1. The average Bonchev–Trinajstić information content (AvgIpc) is 2.48. The first-order valence-electron chi connectivity index (χ1n) is 5.58. The van der Waals surface area contributed by atoms with Crippen LogP contribution in [0.5, 0.6) is 0 Å². The van der Waals surface area contributed by atoms with Crippen LogP contribution in [-0.2, 0) is 16.6 Å². The number of benzene rings is 1. The van der Waals surface area contributed by atoms with Crippen molar-refractivity contribution in [2.45, 2.75) is 10.6 Å². The van der Waals surface area contributed by atoms with Crippen molar-refractivity contribution in [3.8, 4) is 6.07 Å². The molecular formula is C13H9N3O3S. The quantitative estimate of drug-likeness (QED) is 0.634. The van der Waals surface area contributed by atoms with Gasteiger partial charge in [-0.1, -0.05) is 6.07 Å². The van der Waals surface area contributed by atoms with E-state index >= 15 is 0 Å². The van der Waals surface area contributed by atoms with Gasteiger partial charge in [0.05, 0.1) is 21.5 Å². The molecule has 6 nitrogen and oxygen atoms in total. The summed E-state index contributed by atoms with van der Waals surface area (Å²) in [4.78, 5) is 14.4. The zero-order chi connectivity index (χ0) is 14.5. The maximum Gasteiger partial charge on any atom is 0.269 e. The molecule has 0 radical (unpaired) electrons. The lowest BCUT2D eigenvalue weighted by Gasteiger charge is -2.03. The van der Waals surface area contributed by atoms with Gasteiger partial charge in [-0.25, -0.2) is 4.98 Å². The number of hydrogen-bond donors (Lipinski definition) is 0. The summed E-state index contributed by atoms with van der Waals surface area (Å²) < 4.78 is 12.2. The Bertz CT molecular complexity index is 708. The summed E-state index contributed by atoms with van der Waals surface area (Å²) in [5.74, 6) is 0.147. The second-order valence-corrected chi connectivity index (χ2v) is 5.31. The average molecular weight is 287 g/mol.